The number of aromatic nitrogens is 1. The van der Waals surface area contributed by atoms with Crippen molar-refractivity contribution in [3.63, 3.8) is 0 Å². The Kier molecular flexibility index (Phi) is 9.14. The first-order valence-electron chi connectivity index (χ1n) is 9.20. The van der Waals surface area contributed by atoms with E-state index in [-0.39, 0.29) is 0 Å². The van der Waals surface area contributed by atoms with E-state index in [1.54, 1.807) is 18.4 Å². The molecule has 1 aromatic heterocycles. The van der Waals surface area contributed by atoms with Crippen molar-refractivity contribution in [2.75, 3.05) is 26.7 Å². The summed E-state index contributed by atoms with van der Waals surface area (Å²) in [6.07, 6.45) is 1.92. The van der Waals surface area contributed by atoms with Gasteiger partial charge in [0.2, 0.25) is 0 Å². The Hall–Kier alpha value is -1.92. The van der Waals surface area contributed by atoms with E-state index in [9.17, 15) is 0 Å². The van der Waals surface area contributed by atoms with Gasteiger partial charge in [-0.1, -0.05) is 44.2 Å². The summed E-state index contributed by atoms with van der Waals surface area (Å²) in [5.74, 6) is 1.23. The molecule has 1 unspecified atom stereocenters. The molecule has 6 heteroatoms. The Morgan fingerprint density at radius 3 is 2.77 bits per heavy atom. The van der Waals surface area contributed by atoms with Gasteiger partial charge in [-0.2, -0.15) is 0 Å². The van der Waals surface area contributed by atoms with E-state index in [4.69, 9.17) is 4.74 Å². The molecule has 0 saturated carbocycles. The van der Waals surface area contributed by atoms with E-state index in [1.165, 1.54) is 10.6 Å². The van der Waals surface area contributed by atoms with Crippen LogP contribution >= 0.6 is 11.3 Å². The lowest BCUT2D eigenvalue weighted by atomic mass is 10.2. The second-order valence-corrected chi connectivity index (χ2v) is 7.26. The number of guanidine groups is 1. The molecule has 0 fully saturated rings. The standard InChI is InChI=1S/C20H30N4OS/c1-4-19-24-18(15-26-19)10-11-22-20(21-3)23-12-16(2)13-25-14-17-8-6-5-7-9-17/h5-9,15-16H,4,10-14H2,1-3H3,(H2,21,22,23). The maximum Gasteiger partial charge on any atom is 0.190 e. The number of nitrogens with zero attached hydrogens (tertiary/aromatic N) is 2. The van der Waals surface area contributed by atoms with Gasteiger partial charge in [-0.3, -0.25) is 4.99 Å². The molecular formula is C20H30N4OS. The number of rotatable bonds is 10. The third-order valence-electron chi connectivity index (χ3n) is 3.93. The molecule has 1 heterocycles. The minimum atomic E-state index is 0.405. The Labute approximate surface area is 160 Å². The van der Waals surface area contributed by atoms with Crippen molar-refractivity contribution in [2.45, 2.75) is 33.3 Å². The smallest absolute Gasteiger partial charge is 0.190 e. The normalized spacial score (nSPS) is 12.8. The van der Waals surface area contributed by atoms with Crippen LogP contribution in [0.25, 0.3) is 0 Å². The highest BCUT2D eigenvalue weighted by atomic mass is 32.1. The first-order chi connectivity index (χ1) is 12.7. The maximum atomic E-state index is 5.79. The number of aliphatic imine (C=N–C) groups is 1. The molecule has 2 aromatic rings. The van der Waals surface area contributed by atoms with Crippen molar-refractivity contribution in [3.8, 4) is 0 Å². The number of nitrogens with one attached hydrogen (secondary N) is 2. The first-order valence-corrected chi connectivity index (χ1v) is 10.1. The van der Waals surface area contributed by atoms with Crippen LogP contribution in [0.4, 0.5) is 0 Å². The summed E-state index contributed by atoms with van der Waals surface area (Å²) in [4.78, 5) is 8.86. The third-order valence-corrected chi connectivity index (χ3v) is 4.97. The molecule has 0 amide bonds. The molecule has 0 aliphatic carbocycles. The van der Waals surface area contributed by atoms with Crippen molar-refractivity contribution >= 4 is 17.3 Å². The predicted octanol–water partition coefficient (Wildman–Crippen LogP) is 3.27. The van der Waals surface area contributed by atoms with E-state index in [2.05, 4.69) is 52.0 Å². The summed E-state index contributed by atoms with van der Waals surface area (Å²) in [5.41, 5.74) is 2.36. The Morgan fingerprint density at radius 2 is 2.08 bits per heavy atom. The lowest BCUT2D eigenvalue weighted by Crippen LogP contribution is -2.40. The van der Waals surface area contributed by atoms with Crippen molar-refractivity contribution < 1.29 is 4.74 Å². The lowest BCUT2D eigenvalue weighted by molar-refractivity contribution is 0.0931. The summed E-state index contributed by atoms with van der Waals surface area (Å²) >= 11 is 1.74. The topological polar surface area (TPSA) is 58.5 Å². The van der Waals surface area contributed by atoms with Gasteiger partial charge in [0.05, 0.1) is 23.9 Å². The monoisotopic (exact) mass is 374 g/mol. The van der Waals surface area contributed by atoms with E-state index in [0.717, 1.165) is 44.2 Å². The van der Waals surface area contributed by atoms with Gasteiger partial charge >= 0.3 is 0 Å². The summed E-state index contributed by atoms with van der Waals surface area (Å²) < 4.78 is 5.79. The second kappa shape index (κ2) is 11.6. The Balaban J connectivity index is 1.59. The zero-order valence-corrected chi connectivity index (χ0v) is 16.8. The van der Waals surface area contributed by atoms with E-state index < -0.39 is 0 Å². The second-order valence-electron chi connectivity index (χ2n) is 6.32. The lowest BCUT2D eigenvalue weighted by Gasteiger charge is -2.16. The van der Waals surface area contributed by atoms with Crippen LogP contribution in [0.3, 0.4) is 0 Å². The van der Waals surface area contributed by atoms with Crippen LogP contribution in [0.2, 0.25) is 0 Å². The van der Waals surface area contributed by atoms with Gasteiger partial charge in [0, 0.05) is 31.9 Å². The van der Waals surface area contributed by atoms with Gasteiger partial charge in [-0.15, -0.1) is 11.3 Å². The number of hydrogen-bond donors (Lipinski definition) is 2. The fourth-order valence-corrected chi connectivity index (χ4v) is 3.22. The maximum absolute atomic E-state index is 5.79. The van der Waals surface area contributed by atoms with Crippen LogP contribution in [-0.4, -0.2) is 37.7 Å². The predicted molar refractivity (Wildman–Crippen MR) is 110 cm³/mol. The molecule has 0 spiro atoms. The number of ether oxygens (including phenoxy) is 1. The van der Waals surface area contributed by atoms with Gasteiger partial charge in [-0.25, -0.2) is 4.98 Å². The minimum absolute atomic E-state index is 0.405. The van der Waals surface area contributed by atoms with Crippen molar-refractivity contribution in [1.29, 1.82) is 0 Å². The summed E-state index contributed by atoms with van der Waals surface area (Å²) in [6, 6.07) is 10.3. The van der Waals surface area contributed by atoms with Crippen LogP contribution in [0.15, 0.2) is 40.7 Å². The molecule has 0 aliphatic rings. The van der Waals surface area contributed by atoms with Gasteiger partial charge in [0.1, 0.15) is 0 Å². The van der Waals surface area contributed by atoms with Crippen LogP contribution in [0, 0.1) is 5.92 Å². The molecule has 1 atom stereocenters. The highest BCUT2D eigenvalue weighted by molar-refractivity contribution is 7.09. The largest absolute Gasteiger partial charge is 0.376 e. The molecule has 1 aromatic carbocycles. The average molecular weight is 375 g/mol. The number of thiazole rings is 1. The van der Waals surface area contributed by atoms with Gasteiger partial charge < -0.3 is 15.4 Å². The summed E-state index contributed by atoms with van der Waals surface area (Å²) in [5, 5.41) is 10.0. The van der Waals surface area contributed by atoms with Gasteiger partial charge in [-0.05, 0) is 17.9 Å². The molecule has 0 bridgehead atoms. The Bertz CT molecular complexity index is 657. The zero-order valence-electron chi connectivity index (χ0n) is 16.0. The fraction of sp³-hybridized carbons (Fsp3) is 0.500. The highest BCUT2D eigenvalue weighted by Crippen LogP contribution is 2.10. The van der Waals surface area contributed by atoms with Crippen molar-refractivity contribution in [2.24, 2.45) is 10.9 Å². The average Bonchev–Trinajstić information content (AvgIpc) is 3.13. The van der Waals surface area contributed by atoms with Crippen molar-refractivity contribution in [1.82, 2.24) is 15.6 Å². The van der Waals surface area contributed by atoms with E-state index in [0.29, 0.717) is 12.5 Å². The van der Waals surface area contributed by atoms with Gasteiger partial charge in [0.15, 0.2) is 5.96 Å². The molecule has 5 nitrogen and oxygen atoms in total. The minimum Gasteiger partial charge on any atom is -0.376 e. The van der Waals surface area contributed by atoms with Gasteiger partial charge in [0.25, 0.3) is 0 Å². The van der Waals surface area contributed by atoms with Crippen molar-refractivity contribution in [3.05, 3.63) is 52.0 Å². The van der Waals surface area contributed by atoms with Crippen LogP contribution in [0.5, 0.6) is 0 Å². The molecule has 0 radical (unpaired) electrons. The molecular weight excluding hydrogens is 344 g/mol. The number of aryl methyl sites for hydroxylation is 1. The molecule has 142 valence electrons. The zero-order chi connectivity index (χ0) is 18.6. The number of hydrogen-bond acceptors (Lipinski definition) is 4. The molecule has 0 aliphatic heterocycles. The Morgan fingerprint density at radius 1 is 1.27 bits per heavy atom. The third kappa shape index (κ3) is 7.54. The molecule has 0 saturated heterocycles. The molecule has 2 N–H and O–H groups in total. The van der Waals surface area contributed by atoms with Crippen LogP contribution < -0.4 is 10.6 Å². The number of benzene rings is 1. The van der Waals surface area contributed by atoms with Crippen LogP contribution in [-0.2, 0) is 24.2 Å². The van der Waals surface area contributed by atoms with Crippen LogP contribution in [0.1, 0.15) is 30.1 Å². The SMILES string of the molecule is CCc1nc(CCNC(=NC)NCC(C)COCc2ccccc2)cs1. The molecule has 26 heavy (non-hydrogen) atoms. The first kappa shape index (κ1) is 20.4. The summed E-state index contributed by atoms with van der Waals surface area (Å²) in [7, 11) is 1.80. The van der Waals surface area contributed by atoms with E-state index in [1.807, 2.05) is 18.2 Å². The summed E-state index contributed by atoms with van der Waals surface area (Å²) in [6.45, 7) is 7.34. The highest BCUT2D eigenvalue weighted by Gasteiger charge is 2.05. The fourth-order valence-electron chi connectivity index (χ4n) is 2.44. The molecule has 2 rings (SSSR count). The quantitative estimate of drug-likeness (QED) is 0.495. The van der Waals surface area contributed by atoms with E-state index >= 15 is 0 Å².